The number of hydrogen-bond acceptors (Lipinski definition) is 3. The van der Waals surface area contributed by atoms with Gasteiger partial charge in [-0.1, -0.05) is 6.92 Å². The molecule has 0 aromatic carbocycles. The van der Waals surface area contributed by atoms with Gasteiger partial charge in [-0.25, -0.2) is 0 Å². The van der Waals surface area contributed by atoms with Gasteiger partial charge < -0.3 is 5.32 Å². The molecular weight excluding hydrogens is 252 g/mol. The third kappa shape index (κ3) is 3.03. The highest BCUT2D eigenvalue weighted by Gasteiger charge is 2.27. The fraction of sp³-hybridized carbons (Fsp3) is 0.733. The number of likely N-dealkylation sites (tertiary alicyclic amines) is 1. The maximum absolute atomic E-state index is 12.1. The lowest BCUT2D eigenvalue weighted by molar-refractivity contribution is 0.0932. The average molecular weight is 276 g/mol. The highest BCUT2D eigenvalue weighted by atomic mass is 16.1. The van der Waals surface area contributed by atoms with Crippen LogP contribution in [-0.2, 0) is 0 Å². The Labute approximate surface area is 120 Å². The normalized spacial score (nSPS) is 21.1. The Morgan fingerprint density at radius 2 is 2.25 bits per heavy atom. The molecule has 2 N–H and O–H groups in total. The van der Waals surface area contributed by atoms with Gasteiger partial charge in [0.1, 0.15) is 5.69 Å². The van der Waals surface area contributed by atoms with Crippen molar-refractivity contribution in [1.82, 2.24) is 20.4 Å². The van der Waals surface area contributed by atoms with Crippen molar-refractivity contribution in [3.05, 3.63) is 17.5 Å². The summed E-state index contributed by atoms with van der Waals surface area (Å²) in [6.45, 7) is 5.25. The monoisotopic (exact) mass is 276 g/mol. The molecule has 2 aliphatic rings. The molecule has 1 saturated heterocycles. The molecule has 5 heteroatoms. The summed E-state index contributed by atoms with van der Waals surface area (Å²) in [7, 11) is 0. The van der Waals surface area contributed by atoms with E-state index in [4.69, 9.17) is 0 Å². The van der Waals surface area contributed by atoms with Gasteiger partial charge in [0.2, 0.25) is 0 Å². The first-order valence-electron chi connectivity index (χ1n) is 7.85. The number of aromatic amines is 1. The number of nitrogens with zero attached hydrogens (tertiary/aromatic N) is 2. The topological polar surface area (TPSA) is 61.0 Å². The van der Waals surface area contributed by atoms with Gasteiger partial charge >= 0.3 is 0 Å². The highest BCUT2D eigenvalue weighted by Crippen LogP contribution is 2.38. The van der Waals surface area contributed by atoms with E-state index in [0.717, 1.165) is 18.7 Å². The van der Waals surface area contributed by atoms with Crippen molar-refractivity contribution < 1.29 is 4.79 Å². The summed E-state index contributed by atoms with van der Waals surface area (Å²) in [4.78, 5) is 14.6. The minimum atomic E-state index is -0.0502. The standard InChI is InChI=1S/C15H24N4O/c1-2-12(19-7-3-4-8-19)10-16-15(20)14-9-13(17-18-14)11-5-6-11/h9,11-12H,2-8,10H2,1H3,(H,16,20)(H,17,18)/t12-/m1/s1. The largest absolute Gasteiger partial charge is 0.349 e. The Kier molecular flexibility index (Phi) is 4.05. The first kappa shape index (κ1) is 13.6. The molecule has 5 nitrogen and oxygen atoms in total. The Hall–Kier alpha value is -1.36. The predicted octanol–water partition coefficient (Wildman–Crippen LogP) is 1.89. The van der Waals surface area contributed by atoms with Crippen molar-refractivity contribution in [2.45, 2.75) is 51.0 Å². The third-order valence-electron chi connectivity index (χ3n) is 4.47. The molecule has 1 atom stereocenters. The van der Waals surface area contributed by atoms with E-state index in [-0.39, 0.29) is 5.91 Å². The van der Waals surface area contributed by atoms with E-state index in [2.05, 4.69) is 27.3 Å². The fourth-order valence-corrected chi connectivity index (χ4v) is 3.00. The minimum absolute atomic E-state index is 0.0502. The molecule has 1 saturated carbocycles. The van der Waals surface area contributed by atoms with Crippen molar-refractivity contribution >= 4 is 5.91 Å². The fourth-order valence-electron chi connectivity index (χ4n) is 3.00. The number of carbonyl (C=O) groups excluding carboxylic acids is 1. The van der Waals surface area contributed by atoms with E-state index >= 15 is 0 Å². The molecule has 1 aliphatic heterocycles. The summed E-state index contributed by atoms with van der Waals surface area (Å²) in [5, 5.41) is 10.1. The van der Waals surface area contributed by atoms with Crippen molar-refractivity contribution in [2.75, 3.05) is 19.6 Å². The van der Waals surface area contributed by atoms with Crippen molar-refractivity contribution in [1.29, 1.82) is 0 Å². The van der Waals surface area contributed by atoms with E-state index in [9.17, 15) is 4.79 Å². The van der Waals surface area contributed by atoms with Crippen LogP contribution in [0, 0.1) is 0 Å². The van der Waals surface area contributed by atoms with Crippen LogP contribution in [0.15, 0.2) is 6.07 Å². The molecule has 3 rings (SSSR count). The van der Waals surface area contributed by atoms with E-state index < -0.39 is 0 Å². The lowest BCUT2D eigenvalue weighted by atomic mass is 10.2. The Bertz CT molecular complexity index is 460. The zero-order valence-electron chi connectivity index (χ0n) is 12.2. The maximum Gasteiger partial charge on any atom is 0.271 e. The predicted molar refractivity (Wildman–Crippen MR) is 77.8 cm³/mol. The van der Waals surface area contributed by atoms with Crippen molar-refractivity contribution in [3.63, 3.8) is 0 Å². The van der Waals surface area contributed by atoms with Crippen LogP contribution in [0.4, 0.5) is 0 Å². The summed E-state index contributed by atoms with van der Waals surface area (Å²) >= 11 is 0. The second kappa shape index (κ2) is 5.95. The van der Waals surface area contributed by atoms with E-state index in [1.165, 1.54) is 38.8 Å². The molecule has 0 spiro atoms. The first-order valence-corrected chi connectivity index (χ1v) is 7.85. The molecule has 0 unspecified atom stereocenters. The summed E-state index contributed by atoms with van der Waals surface area (Å²) in [6, 6.07) is 2.37. The average Bonchev–Trinajstić information content (AvgIpc) is 2.97. The summed E-state index contributed by atoms with van der Waals surface area (Å²) < 4.78 is 0. The maximum atomic E-state index is 12.1. The molecule has 1 aromatic heterocycles. The van der Waals surface area contributed by atoms with Gasteiger partial charge in [0.15, 0.2) is 0 Å². The third-order valence-corrected chi connectivity index (χ3v) is 4.47. The van der Waals surface area contributed by atoms with E-state index in [1.54, 1.807) is 0 Å². The van der Waals surface area contributed by atoms with Crippen molar-refractivity contribution in [3.8, 4) is 0 Å². The number of carbonyl (C=O) groups is 1. The Morgan fingerprint density at radius 1 is 1.50 bits per heavy atom. The quantitative estimate of drug-likeness (QED) is 0.834. The van der Waals surface area contributed by atoms with Crippen LogP contribution >= 0.6 is 0 Å². The molecule has 110 valence electrons. The number of aromatic nitrogens is 2. The number of nitrogens with one attached hydrogen (secondary N) is 2. The molecule has 2 heterocycles. The van der Waals surface area contributed by atoms with Gasteiger partial charge in [0, 0.05) is 24.2 Å². The smallest absolute Gasteiger partial charge is 0.271 e. The Balaban J connectivity index is 1.51. The van der Waals surface area contributed by atoms with Crippen LogP contribution in [0.2, 0.25) is 0 Å². The second-order valence-corrected chi connectivity index (χ2v) is 6.00. The molecule has 2 fully saturated rings. The van der Waals surface area contributed by atoms with Crippen LogP contribution in [0.5, 0.6) is 0 Å². The van der Waals surface area contributed by atoms with Gasteiger partial charge in [-0.05, 0) is 51.3 Å². The lowest BCUT2D eigenvalue weighted by Gasteiger charge is -2.26. The Morgan fingerprint density at radius 3 is 2.90 bits per heavy atom. The summed E-state index contributed by atoms with van der Waals surface area (Å²) in [6.07, 6.45) is 6.09. The molecule has 0 bridgehead atoms. The molecule has 0 radical (unpaired) electrons. The lowest BCUT2D eigenvalue weighted by Crippen LogP contribution is -2.42. The second-order valence-electron chi connectivity index (χ2n) is 6.00. The molecule has 1 aliphatic carbocycles. The molecule has 20 heavy (non-hydrogen) atoms. The van der Waals surface area contributed by atoms with Crippen LogP contribution in [0.25, 0.3) is 0 Å². The number of rotatable bonds is 6. The van der Waals surface area contributed by atoms with Crippen LogP contribution in [0.1, 0.15) is 61.1 Å². The minimum Gasteiger partial charge on any atom is -0.349 e. The van der Waals surface area contributed by atoms with Gasteiger partial charge in [-0.15, -0.1) is 0 Å². The van der Waals surface area contributed by atoms with Gasteiger partial charge in [-0.3, -0.25) is 14.8 Å². The van der Waals surface area contributed by atoms with E-state index in [1.807, 2.05) is 6.07 Å². The van der Waals surface area contributed by atoms with Crippen LogP contribution < -0.4 is 5.32 Å². The van der Waals surface area contributed by atoms with Crippen LogP contribution in [-0.4, -0.2) is 46.7 Å². The molecular formula is C15H24N4O. The van der Waals surface area contributed by atoms with Gasteiger partial charge in [-0.2, -0.15) is 5.10 Å². The molecule has 1 amide bonds. The number of H-pyrrole nitrogens is 1. The summed E-state index contributed by atoms with van der Waals surface area (Å²) in [5.74, 6) is 0.558. The number of hydrogen-bond donors (Lipinski definition) is 2. The highest BCUT2D eigenvalue weighted by molar-refractivity contribution is 5.92. The van der Waals surface area contributed by atoms with Gasteiger partial charge in [0.25, 0.3) is 5.91 Å². The zero-order chi connectivity index (χ0) is 13.9. The summed E-state index contributed by atoms with van der Waals surface area (Å²) in [5.41, 5.74) is 1.64. The van der Waals surface area contributed by atoms with Crippen molar-refractivity contribution in [2.24, 2.45) is 0 Å². The zero-order valence-corrected chi connectivity index (χ0v) is 12.2. The SMILES string of the molecule is CC[C@H](CNC(=O)c1cc(C2CC2)[nH]n1)N1CCCC1. The molecule has 1 aromatic rings. The number of amides is 1. The first-order chi connectivity index (χ1) is 9.78. The van der Waals surface area contributed by atoms with Gasteiger partial charge in [0.05, 0.1) is 0 Å². The van der Waals surface area contributed by atoms with Crippen LogP contribution in [0.3, 0.4) is 0 Å². The van der Waals surface area contributed by atoms with E-state index in [0.29, 0.717) is 17.7 Å².